The first-order valence-corrected chi connectivity index (χ1v) is 6.63. The minimum Gasteiger partial charge on any atom is -0.329 e. The van der Waals surface area contributed by atoms with Crippen molar-refractivity contribution in [2.24, 2.45) is 17.6 Å². The summed E-state index contributed by atoms with van der Waals surface area (Å²) in [7, 11) is 0. The molecule has 0 bridgehead atoms. The maximum atomic E-state index is 5.87. The Labute approximate surface area is 95.2 Å². The van der Waals surface area contributed by atoms with Gasteiger partial charge < -0.3 is 5.73 Å². The van der Waals surface area contributed by atoms with E-state index in [1.165, 1.54) is 38.8 Å². The molecule has 2 heteroatoms. The van der Waals surface area contributed by atoms with Gasteiger partial charge in [-0.3, -0.25) is 4.90 Å². The second-order valence-electron chi connectivity index (χ2n) is 5.32. The first-order valence-electron chi connectivity index (χ1n) is 6.63. The van der Waals surface area contributed by atoms with E-state index in [-0.39, 0.29) is 0 Å². The third-order valence-electron chi connectivity index (χ3n) is 3.88. The molecule has 15 heavy (non-hydrogen) atoms. The Hall–Kier alpha value is -0.0800. The van der Waals surface area contributed by atoms with Gasteiger partial charge in [0.05, 0.1) is 0 Å². The topological polar surface area (TPSA) is 29.3 Å². The molecule has 2 atom stereocenters. The van der Waals surface area contributed by atoms with Crippen LogP contribution in [0.5, 0.6) is 0 Å². The predicted molar refractivity (Wildman–Crippen MR) is 66.9 cm³/mol. The van der Waals surface area contributed by atoms with E-state index in [1.807, 2.05) is 0 Å². The van der Waals surface area contributed by atoms with Crippen molar-refractivity contribution in [2.75, 3.05) is 19.6 Å². The second kappa shape index (κ2) is 6.49. The zero-order valence-electron chi connectivity index (χ0n) is 10.7. The second-order valence-corrected chi connectivity index (χ2v) is 5.32. The molecule has 0 radical (unpaired) electrons. The molecule has 1 rings (SSSR count). The summed E-state index contributed by atoms with van der Waals surface area (Å²) in [6, 6.07) is 0.647. The number of likely N-dealkylation sites (tertiary alicyclic amines) is 1. The monoisotopic (exact) mass is 212 g/mol. The fourth-order valence-electron chi connectivity index (χ4n) is 2.58. The quantitative estimate of drug-likeness (QED) is 0.733. The summed E-state index contributed by atoms with van der Waals surface area (Å²) in [6.07, 6.45) is 5.28. The summed E-state index contributed by atoms with van der Waals surface area (Å²) in [6.45, 7) is 10.3. The standard InChI is InChI=1S/C13H28N2/c1-4-5-6-13(9-14)15-8-7-12(10-15)11(2)3/h11-13H,4-10,14H2,1-3H3. The number of nitrogens with zero attached hydrogens (tertiary/aromatic N) is 1. The number of unbranched alkanes of at least 4 members (excludes halogenated alkanes) is 1. The van der Waals surface area contributed by atoms with Crippen LogP contribution in [0, 0.1) is 11.8 Å². The lowest BCUT2D eigenvalue weighted by Gasteiger charge is -2.27. The van der Waals surface area contributed by atoms with Crippen molar-refractivity contribution in [3.8, 4) is 0 Å². The molecule has 90 valence electrons. The maximum absolute atomic E-state index is 5.87. The average Bonchev–Trinajstić information content (AvgIpc) is 2.68. The molecule has 2 nitrogen and oxygen atoms in total. The SMILES string of the molecule is CCCCC(CN)N1CCC(C(C)C)C1. The van der Waals surface area contributed by atoms with Crippen molar-refractivity contribution in [1.82, 2.24) is 4.90 Å². The van der Waals surface area contributed by atoms with Gasteiger partial charge in [-0.15, -0.1) is 0 Å². The van der Waals surface area contributed by atoms with Crippen molar-refractivity contribution in [3.05, 3.63) is 0 Å². The highest BCUT2D eigenvalue weighted by Gasteiger charge is 2.28. The molecule has 1 aliphatic rings. The van der Waals surface area contributed by atoms with E-state index in [2.05, 4.69) is 25.7 Å². The fourth-order valence-corrected chi connectivity index (χ4v) is 2.58. The summed E-state index contributed by atoms with van der Waals surface area (Å²) in [5, 5.41) is 0. The van der Waals surface area contributed by atoms with Crippen LogP contribution in [0.25, 0.3) is 0 Å². The van der Waals surface area contributed by atoms with Gasteiger partial charge in [0, 0.05) is 19.1 Å². The zero-order valence-corrected chi connectivity index (χ0v) is 10.7. The van der Waals surface area contributed by atoms with Crippen LogP contribution in [0.3, 0.4) is 0 Å². The molecule has 1 heterocycles. The lowest BCUT2D eigenvalue weighted by atomic mass is 9.95. The maximum Gasteiger partial charge on any atom is 0.0218 e. The third-order valence-corrected chi connectivity index (χ3v) is 3.88. The Morgan fingerprint density at radius 2 is 2.13 bits per heavy atom. The van der Waals surface area contributed by atoms with Gasteiger partial charge in [0.15, 0.2) is 0 Å². The minimum atomic E-state index is 0.647. The Bertz CT molecular complexity index is 168. The molecule has 0 spiro atoms. The zero-order chi connectivity index (χ0) is 11.3. The average molecular weight is 212 g/mol. The highest BCUT2D eigenvalue weighted by molar-refractivity contribution is 4.83. The molecule has 0 aliphatic carbocycles. The molecule has 1 aliphatic heterocycles. The van der Waals surface area contributed by atoms with Crippen LogP contribution in [0.4, 0.5) is 0 Å². The first kappa shape index (κ1) is 13.0. The molecule has 0 aromatic carbocycles. The molecule has 0 saturated carbocycles. The number of hydrogen-bond acceptors (Lipinski definition) is 2. The first-order chi connectivity index (χ1) is 7.19. The van der Waals surface area contributed by atoms with Crippen molar-refractivity contribution in [3.63, 3.8) is 0 Å². The summed E-state index contributed by atoms with van der Waals surface area (Å²) < 4.78 is 0. The van der Waals surface area contributed by atoms with Crippen LogP contribution in [0.15, 0.2) is 0 Å². The summed E-state index contributed by atoms with van der Waals surface area (Å²) in [5.74, 6) is 1.74. The summed E-state index contributed by atoms with van der Waals surface area (Å²) >= 11 is 0. The van der Waals surface area contributed by atoms with Crippen LogP contribution in [0.1, 0.15) is 46.5 Å². The van der Waals surface area contributed by atoms with Gasteiger partial charge in [-0.1, -0.05) is 33.6 Å². The van der Waals surface area contributed by atoms with E-state index in [0.29, 0.717) is 6.04 Å². The highest BCUT2D eigenvalue weighted by atomic mass is 15.2. The molecule has 1 saturated heterocycles. The third kappa shape index (κ3) is 3.76. The smallest absolute Gasteiger partial charge is 0.0218 e. The van der Waals surface area contributed by atoms with Crippen molar-refractivity contribution in [2.45, 2.75) is 52.5 Å². The molecule has 2 N–H and O–H groups in total. The van der Waals surface area contributed by atoms with Gasteiger partial charge in [-0.2, -0.15) is 0 Å². The fraction of sp³-hybridized carbons (Fsp3) is 1.00. The lowest BCUT2D eigenvalue weighted by Crippen LogP contribution is -2.39. The van der Waals surface area contributed by atoms with E-state index >= 15 is 0 Å². The summed E-state index contributed by atoms with van der Waals surface area (Å²) in [5.41, 5.74) is 5.87. The van der Waals surface area contributed by atoms with Gasteiger partial charge in [-0.05, 0) is 31.2 Å². The molecule has 1 fully saturated rings. The van der Waals surface area contributed by atoms with Crippen LogP contribution >= 0.6 is 0 Å². The predicted octanol–water partition coefficient (Wildman–Crippen LogP) is 2.48. The van der Waals surface area contributed by atoms with Crippen molar-refractivity contribution in [1.29, 1.82) is 0 Å². The van der Waals surface area contributed by atoms with Gasteiger partial charge in [0.2, 0.25) is 0 Å². The Balaban J connectivity index is 2.35. The number of nitrogens with two attached hydrogens (primary N) is 1. The van der Waals surface area contributed by atoms with Gasteiger partial charge >= 0.3 is 0 Å². The van der Waals surface area contributed by atoms with Crippen molar-refractivity contribution >= 4 is 0 Å². The van der Waals surface area contributed by atoms with Crippen LogP contribution in [0.2, 0.25) is 0 Å². The van der Waals surface area contributed by atoms with E-state index in [4.69, 9.17) is 5.73 Å². The Morgan fingerprint density at radius 3 is 2.60 bits per heavy atom. The van der Waals surface area contributed by atoms with Crippen molar-refractivity contribution < 1.29 is 0 Å². The van der Waals surface area contributed by atoms with Gasteiger partial charge in [0.1, 0.15) is 0 Å². The van der Waals surface area contributed by atoms with Crippen LogP contribution in [-0.2, 0) is 0 Å². The molecule has 0 amide bonds. The highest BCUT2D eigenvalue weighted by Crippen LogP contribution is 2.26. The van der Waals surface area contributed by atoms with Gasteiger partial charge in [0.25, 0.3) is 0 Å². The largest absolute Gasteiger partial charge is 0.329 e. The van der Waals surface area contributed by atoms with Gasteiger partial charge in [-0.25, -0.2) is 0 Å². The van der Waals surface area contributed by atoms with E-state index < -0.39 is 0 Å². The normalized spacial score (nSPS) is 25.0. The number of hydrogen-bond donors (Lipinski definition) is 1. The summed E-state index contributed by atoms with van der Waals surface area (Å²) in [4.78, 5) is 2.63. The lowest BCUT2D eigenvalue weighted by molar-refractivity contribution is 0.216. The van der Waals surface area contributed by atoms with E-state index in [0.717, 1.165) is 18.4 Å². The van der Waals surface area contributed by atoms with E-state index in [1.54, 1.807) is 0 Å². The minimum absolute atomic E-state index is 0.647. The van der Waals surface area contributed by atoms with E-state index in [9.17, 15) is 0 Å². The molecular formula is C13H28N2. The molecule has 0 aromatic rings. The number of rotatable bonds is 6. The molecule has 0 aromatic heterocycles. The van der Waals surface area contributed by atoms with Crippen LogP contribution < -0.4 is 5.73 Å². The van der Waals surface area contributed by atoms with Crippen LogP contribution in [-0.4, -0.2) is 30.6 Å². The molecule has 2 unspecified atom stereocenters. The Morgan fingerprint density at radius 1 is 1.40 bits per heavy atom. The molecular weight excluding hydrogens is 184 g/mol. The Kier molecular flexibility index (Phi) is 5.62.